The van der Waals surface area contributed by atoms with E-state index < -0.39 is 5.54 Å². The number of carbonyl (C=O) groups is 1. The zero-order chi connectivity index (χ0) is 20.8. The van der Waals surface area contributed by atoms with Gasteiger partial charge in [0.05, 0.1) is 23.2 Å². The number of rotatable bonds is 3. The molecule has 6 heteroatoms. The van der Waals surface area contributed by atoms with E-state index in [0.29, 0.717) is 0 Å². The zero-order valence-corrected chi connectivity index (χ0v) is 19.1. The third-order valence-electron chi connectivity index (χ3n) is 5.16. The highest BCUT2D eigenvalue weighted by Crippen LogP contribution is 2.52. The molecule has 0 unspecified atom stereocenters. The molecule has 1 aliphatic rings. The second-order valence-corrected chi connectivity index (χ2v) is 10.3. The average Bonchev–Trinajstić information content (AvgIpc) is 3.09. The second kappa shape index (κ2) is 7.52. The van der Waals surface area contributed by atoms with Crippen molar-refractivity contribution in [2.45, 2.75) is 26.3 Å². The molecule has 0 saturated heterocycles. The van der Waals surface area contributed by atoms with Gasteiger partial charge < -0.3 is 4.74 Å². The van der Waals surface area contributed by atoms with Crippen LogP contribution in [0.1, 0.15) is 29.9 Å². The molecule has 0 atom stereocenters. The highest BCUT2D eigenvalue weighted by molar-refractivity contribution is 7.80. The van der Waals surface area contributed by atoms with Crippen molar-refractivity contribution in [2.24, 2.45) is 0 Å². The smallest absolute Gasteiger partial charge is 0.251 e. The van der Waals surface area contributed by atoms with Crippen LogP contribution < -0.4 is 9.64 Å². The van der Waals surface area contributed by atoms with E-state index in [2.05, 4.69) is 32.0 Å². The summed E-state index contributed by atoms with van der Waals surface area (Å²) in [6.45, 7) is 6.23. The molecule has 1 amide bonds. The fraction of sp³-hybridized carbons (Fsp3) is 0.217. The van der Waals surface area contributed by atoms with Crippen molar-refractivity contribution < 1.29 is 9.53 Å². The molecule has 1 aromatic heterocycles. The summed E-state index contributed by atoms with van der Waals surface area (Å²) in [5, 5.41) is 0. The van der Waals surface area contributed by atoms with Crippen LogP contribution in [0.5, 0.6) is 5.75 Å². The Balaban J connectivity index is 1.78. The summed E-state index contributed by atoms with van der Waals surface area (Å²) in [7, 11) is 4.92. The van der Waals surface area contributed by atoms with Crippen LogP contribution in [0.15, 0.2) is 48.5 Å². The predicted molar refractivity (Wildman–Crippen MR) is 126 cm³/mol. The Kier molecular flexibility index (Phi) is 5.19. The minimum Gasteiger partial charge on any atom is -0.497 e. The van der Waals surface area contributed by atoms with Gasteiger partial charge in [-0.15, -0.1) is 0 Å². The summed E-state index contributed by atoms with van der Waals surface area (Å²) in [4.78, 5) is 16.4. The average molecular weight is 440 g/mol. The lowest BCUT2D eigenvalue weighted by Crippen LogP contribution is -2.47. The van der Waals surface area contributed by atoms with E-state index in [1.54, 1.807) is 33.9 Å². The molecule has 3 nitrogen and oxygen atoms in total. The van der Waals surface area contributed by atoms with E-state index in [1.807, 2.05) is 42.2 Å². The van der Waals surface area contributed by atoms with Gasteiger partial charge in [-0.25, -0.2) is 0 Å². The molecule has 148 valence electrons. The first-order valence-electron chi connectivity index (χ1n) is 9.24. The number of hydrogen-bond acceptors (Lipinski definition) is 5. The molecule has 0 aliphatic carbocycles. The van der Waals surface area contributed by atoms with Gasteiger partial charge in [-0.1, -0.05) is 57.2 Å². The molecular formula is C23H21NO2S3. The van der Waals surface area contributed by atoms with Crippen molar-refractivity contribution in [1.29, 1.82) is 0 Å². The van der Waals surface area contributed by atoms with Crippen molar-refractivity contribution in [1.82, 2.24) is 0 Å². The Hall–Kier alpha value is -2.28. The van der Waals surface area contributed by atoms with Crippen LogP contribution in [-0.2, 0) is 10.3 Å². The van der Waals surface area contributed by atoms with Gasteiger partial charge in [0.25, 0.3) is 5.91 Å². The van der Waals surface area contributed by atoms with Crippen molar-refractivity contribution in [3.05, 3.63) is 68.4 Å². The molecule has 0 N–H and O–H groups in total. The Labute approximate surface area is 183 Å². The number of fused-ring (bicyclic) bond motifs is 3. The van der Waals surface area contributed by atoms with E-state index >= 15 is 0 Å². The summed E-state index contributed by atoms with van der Waals surface area (Å²) < 4.78 is 6.09. The first-order valence-corrected chi connectivity index (χ1v) is 11.8. The molecule has 0 spiro atoms. The molecule has 3 aromatic rings. The Morgan fingerprint density at radius 1 is 1.14 bits per heavy atom. The first-order chi connectivity index (χ1) is 13.8. The molecule has 2 aromatic carbocycles. The SMILES string of the molecule is COc1ccc(C=CC(=O)N2c3cc(C)ccc3-c3c(ssc3=S)C2(C)C)cc1. The number of amides is 1. The van der Waals surface area contributed by atoms with Crippen molar-refractivity contribution in [3.63, 3.8) is 0 Å². The number of anilines is 1. The van der Waals surface area contributed by atoms with E-state index in [-0.39, 0.29) is 5.91 Å². The molecule has 4 rings (SSSR count). The monoisotopic (exact) mass is 439 g/mol. The minimum absolute atomic E-state index is 0.0485. The summed E-state index contributed by atoms with van der Waals surface area (Å²) >= 11 is 5.62. The maximum atomic E-state index is 13.4. The number of ether oxygens (including phenoxy) is 1. The van der Waals surface area contributed by atoms with E-state index in [9.17, 15) is 4.79 Å². The van der Waals surface area contributed by atoms with Crippen molar-refractivity contribution in [2.75, 3.05) is 12.0 Å². The lowest BCUT2D eigenvalue weighted by molar-refractivity contribution is -0.115. The quantitative estimate of drug-likeness (QED) is 0.255. The largest absolute Gasteiger partial charge is 0.497 e. The van der Waals surface area contributed by atoms with Crippen LogP contribution >= 0.6 is 32.9 Å². The Morgan fingerprint density at radius 3 is 2.55 bits per heavy atom. The van der Waals surface area contributed by atoms with Crippen LogP contribution in [0.25, 0.3) is 17.2 Å². The normalized spacial score (nSPS) is 14.6. The molecule has 29 heavy (non-hydrogen) atoms. The van der Waals surface area contributed by atoms with Gasteiger partial charge in [-0.05, 0) is 56.2 Å². The number of nitrogens with zero attached hydrogens (tertiary/aromatic N) is 1. The standard InChI is InChI=1S/C23H21NO2S3/c1-14-5-11-17-18(13-14)24(23(2,3)21-20(17)22(27)29-28-21)19(25)12-8-15-6-9-16(26-4)10-7-15/h5-13H,1-4H3. The van der Waals surface area contributed by atoms with Crippen LogP contribution in [0, 0.1) is 10.7 Å². The van der Waals surface area contributed by atoms with E-state index in [4.69, 9.17) is 17.0 Å². The second-order valence-electron chi connectivity index (χ2n) is 7.52. The topological polar surface area (TPSA) is 29.5 Å². The zero-order valence-electron chi connectivity index (χ0n) is 16.7. The Morgan fingerprint density at radius 2 is 1.86 bits per heavy atom. The van der Waals surface area contributed by atoms with Gasteiger partial charge in [-0.2, -0.15) is 0 Å². The third kappa shape index (κ3) is 3.45. The van der Waals surface area contributed by atoms with Crippen molar-refractivity contribution in [3.8, 4) is 16.9 Å². The summed E-state index contributed by atoms with van der Waals surface area (Å²) in [5.41, 5.74) is 4.66. The fourth-order valence-corrected chi connectivity index (χ4v) is 6.97. The van der Waals surface area contributed by atoms with Crippen molar-refractivity contribution >= 4 is 50.6 Å². The van der Waals surface area contributed by atoms with E-state index in [0.717, 1.165) is 42.4 Å². The van der Waals surface area contributed by atoms with Gasteiger partial charge in [0.15, 0.2) is 0 Å². The Bertz CT molecular complexity index is 1170. The molecule has 0 bridgehead atoms. The molecule has 1 aliphatic heterocycles. The van der Waals surface area contributed by atoms with Gasteiger partial charge in [0, 0.05) is 17.2 Å². The number of aryl methyl sites for hydroxylation is 1. The number of benzene rings is 2. The maximum Gasteiger partial charge on any atom is 0.251 e. The van der Waals surface area contributed by atoms with Gasteiger partial charge in [0.1, 0.15) is 9.57 Å². The lowest BCUT2D eigenvalue weighted by Gasteiger charge is -2.42. The number of methoxy groups -OCH3 is 1. The van der Waals surface area contributed by atoms with Gasteiger partial charge >= 0.3 is 0 Å². The van der Waals surface area contributed by atoms with E-state index in [1.165, 1.54) is 0 Å². The predicted octanol–water partition coefficient (Wildman–Crippen LogP) is 6.82. The molecule has 2 heterocycles. The van der Waals surface area contributed by atoms with Gasteiger partial charge in [0.2, 0.25) is 0 Å². The fourth-order valence-electron chi connectivity index (χ4n) is 3.69. The summed E-state index contributed by atoms with van der Waals surface area (Å²) in [6, 6.07) is 13.9. The van der Waals surface area contributed by atoms with Crippen LogP contribution in [0.2, 0.25) is 0 Å². The number of hydrogen-bond donors (Lipinski definition) is 0. The molecule has 0 saturated carbocycles. The summed E-state index contributed by atoms with van der Waals surface area (Å²) in [5.74, 6) is 0.744. The summed E-state index contributed by atoms with van der Waals surface area (Å²) in [6.07, 6.45) is 3.49. The molecular weight excluding hydrogens is 418 g/mol. The highest BCUT2D eigenvalue weighted by atomic mass is 32.9. The third-order valence-corrected chi connectivity index (χ3v) is 8.49. The number of carbonyl (C=O) groups excluding carboxylic acids is 1. The molecule has 0 radical (unpaired) electrons. The maximum absolute atomic E-state index is 13.4. The van der Waals surface area contributed by atoms with Crippen LogP contribution in [0.4, 0.5) is 5.69 Å². The lowest BCUT2D eigenvalue weighted by atomic mass is 9.87. The van der Waals surface area contributed by atoms with Crippen LogP contribution in [0.3, 0.4) is 0 Å². The first kappa shape index (κ1) is 20.0. The molecule has 0 fully saturated rings. The minimum atomic E-state index is -0.477. The van der Waals surface area contributed by atoms with Gasteiger partial charge in [-0.3, -0.25) is 9.69 Å². The van der Waals surface area contributed by atoms with Crippen LogP contribution in [-0.4, -0.2) is 13.0 Å². The highest BCUT2D eigenvalue weighted by Gasteiger charge is 2.42.